The second-order valence-electron chi connectivity index (χ2n) is 18.9. The molecule has 0 saturated carbocycles. The molecule has 2 aliphatic rings. The summed E-state index contributed by atoms with van der Waals surface area (Å²) in [5, 5.41) is 2.25. The first-order chi connectivity index (χ1) is 35.6. The minimum atomic E-state index is -0.236. The van der Waals surface area contributed by atoms with Crippen molar-refractivity contribution in [3.8, 4) is 44.5 Å². The van der Waals surface area contributed by atoms with Crippen molar-refractivity contribution in [2.75, 3.05) is 14.6 Å². The van der Waals surface area contributed by atoms with E-state index in [1.165, 1.54) is 55.4 Å². The number of benzene rings is 11. The Balaban J connectivity index is 1.09. The van der Waals surface area contributed by atoms with Crippen LogP contribution in [0.1, 0.15) is 5.56 Å². The van der Waals surface area contributed by atoms with Crippen LogP contribution in [0.25, 0.3) is 66.4 Å². The average molecular weight is 920 g/mol. The van der Waals surface area contributed by atoms with E-state index < -0.39 is 0 Å². The molecule has 2 aliphatic heterocycles. The number of fused-ring (bicyclic) bond motifs is 8. The van der Waals surface area contributed by atoms with Gasteiger partial charge in [0.25, 0.3) is 0 Å². The Bertz CT molecular complexity index is 3950. The fraction of sp³-hybridized carbons (Fsp3) is 0.0149. The molecular formula is C67H46BN3O. The smallest absolute Gasteiger partial charge is 0.333 e. The highest BCUT2D eigenvalue weighted by atomic mass is 16.3. The molecule has 0 aliphatic carbocycles. The summed E-state index contributed by atoms with van der Waals surface area (Å²) in [7, 11) is 0. The Kier molecular flexibility index (Phi) is 9.82. The summed E-state index contributed by atoms with van der Waals surface area (Å²) in [5.74, 6) is 0. The van der Waals surface area contributed by atoms with E-state index in [1.54, 1.807) is 0 Å². The van der Waals surface area contributed by atoms with Crippen molar-refractivity contribution < 1.29 is 4.42 Å². The lowest BCUT2D eigenvalue weighted by atomic mass is 9.43. The van der Waals surface area contributed by atoms with Crippen LogP contribution in [-0.2, 0) is 0 Å². The number of rotatable bonds is 8. The van der Waals surface area contributed by atoms with Gasteiger partial charge in [0, 0.05) is 67.9 Å². The minimum absolute atomic E-state index is 0.236. The van der Waals surface area contributed by atoms with Crippen LogP contribution in [0, 0.1) is 6.92 Å². The minimum Gasteiger partial charge on any atom is -0.456 e. The fourth-order valence-electron chi connectivity index (χ4n) is 11.5. The number of aryl methyl sites for hydroxylation is 1. The van der Waals surface area contributed by atoms with Crippen LogP contribution in [0.4, 0.5) is 45.5 Å². The van der Waals surface area contributed by atoms with Gasteiger partial charge < -0.3 is 19.0 Å². The van der Waals surface area contributed by atoms with E-state index in [1.807, 2.05) is 0 Å². The van der Waals surface area contributed by atoms with Crippen LogP contribution in [0.15, 0.2) is 265 Å². The van der Waals surface area contributed by atoms with Gasteiger partial charge in [0.05, 0.1) is 0 Å². The van der Waals surface area contributed by atoms with Crippen LogP contribution in [-0.4, -0.2) is 6.85 Å². The summed E-state index contributed by atoms with van der Waals surface area (Å²) in [5.41, 5.74) is 23.6. The lowest BCUT2D eigenvalue weighted by Gasteiger charge is -2.46. The fourth-order valence-corrected chi connectivity index (χ4v) is 11.5. The van der Waals surface area contributed by atoms with Gasteiger partial charge in [-0.25, -0.2) is 0 Å². The largest absolute Gasteiger partial charge is 0.456 e. The van der Waals surface area contributed by atoms with Gasteiger partial charge in [0.1, 0.15) is 11.2 Å². The maximum absolute atomic E-state index is 7.00. The molecule has 1 aromatic heterocycles. The molecule has 0 saturated heterocycles. The lowest BCUT2D eigenvalue weighted by molar-refractivity contribution is 0.669. The first-order valence-electron chi connectivity index (χ1n) is 24.8. The van der Waals surface area contributed by atoms with Gasteiger partial charge in [0.2, 0.25) is 0 Å². The Hall–Kier alpha value is -9.32. The topological polar surface area (TPSA) is 22.9 Å². The molecule has 0 amide bonds. The molecule has 0 unspecified atom stereocenters. The molecule has 3 heterocycles. The third-order valence-corrected chi connectivity index (χ3v) is 14.7. The number of para-hydroxylation sites is 3. The van der Waals surface area contributed by atoms with Gasteiger partial charge in [-0.1, -0.05) is 182 Å². The van der Waals surface area contributed by atoms with E-state index in [-0.39, 0.29) is 6.85 Å². The first-order valence-corrected chi connectivity index (χ1v) is 24.8. The SMILES string of the molecule is Cc1cc(-c2ccccc2)ccc1N1c2cc(N(c3ccccc3)c3ccccc3)ccc2B2c3c1cc1oc4ccccc4c1c3-c1ccc(-c3ccccc3)cc1N2c1ccc(-c2ccccc2)cc1. The number of furan rings is 1. The third-order valence-electron chi connectivity index (χ3n) is 14.7. The van der Waals surface area contributed by atoms with Crippen LogP contribution in [0.2, 0.25) is 0 Å². The highest BCUT2D eigenvalue weighted by Gasteiger charge is 2.47. The van der Waals surface area contributed by atoms with E-state index in [2.05, 4.69) is 282 Å². The molecule has 14 rings (SSSR count). The van der Waals surface area contributed by atoms with Crippen LogP contribution in [0.3, 0.4) is 0 Å². The summed E-state index contributed by atoms with van der Waals surface area (Å²) in [6.45, 7) is 2.02. The maximum atomic E-state index is 7.00. The van der Waals surface area contributed by atoms with Crippen molar-refractivity contribution in [1.29, 1.82) is 0 Å². The molecule has 72 heavy (non-hydrogen) atoms. The van der Waals surface area contributed by atoms with E-state index in [0.29, 0.717) is 0 Å². The summed E-state index contributed by atoms with van der Waals surface area (Å²) >= 11 is 0. The van der Waals surface area contributed by atoms with Gasteiger partial charge >= 0.3 is 6.85 Å². The van der Waals surface area contributed by atoms with E-state index in [4.69, 9.17) is 4.42 Å². The van der Waals surface area contributed by atoms with Crippen molar-refractivity contribution in [3.63, 3.8) is 0 Å². The number of hydrogen-bond acceptors (Lipinski definition) is 4. The van der Waals surface area contributed by atoms with E-state index in [0.717, 1.165) is 73.0 Å². The van der Waals surface area contributed by atoms with Crippen LogP contribution >= 0.6 is 0 Å². The second kappa shape index (κ2) is 17.0. The Morgan fingerprint density at radius 3 is 1.57 bits per heavy atom. The summed E-state index contributed by atoms with van der Waals surface area (Å²) in [6.07, 6.45) is 0. The molecule has 11 aromatic carbocycles. The second-order valence-corrected chi connectivity index (χ2v) is 18.9. The molecule has 0 spiro atoms. The molecule has 0 N–H and O–H groups in total. The van der Waals surface area contributed by atoms with Gasteiger partial charge in [-0.3, -0.25) is 0 Å². The van der Waals surface area contributed by atoms with Crippen LogP contribution in [0.5, 0.6) is 0 Å². The van der Waals surface area contributed by atoms with E-state index in [9.17, 15) is 0 Å². The van der Waals surface area contributed by atoms with Gasteiger partial charge in [-0.15, -0.1) is 0 Å². The van der Waals surface area contributed by atoms with Gasteiger partial charge in [0.15, 0.2) is 0 Å². The van der Waals surface area contributed by atoms with E-state index >= 15 is 0 Å². The molecule has 0 fully saturated rings. The van der Waals surface area contributed by atoms with Crippen molar-refractivity contribution in [3.05, 3.63) is 266 Å². The molecule has 5 heteroatoms. The highest BCUT2D eigenvalue weighted by molar-refractivity contribution is 6.94. The Morgan fingerprint density at radius 1 is 0.389 bits per heavy atom. The zero-order valence-corrected chi connectivity index (χ0v) is 39.7. The molecule has 0 radical (unpaired) electrons. The van der Waals surface area contributed by atoms with Crippen molar-refractivity contribution in [2.45, 2.75) is 6.92 Å². The maximum Gasteiger partial charge on any atom is 0.333 e. The third kappa shape index (κ3) is 6.77. The van der Waals surface area contributed by atoms with Crippen molar-refractivity contribution >= 4 is 85.2 Å². The van der Waals surface area contributed by atoms with Gasteiger partial charge in [-0.05, 0) is 135 Å². The standard InChI is InChI=1S/C67H46BN3O/c1-45-41-50(47-21-9-3-10-22-47)34-40-59(45)70-61-43-55(69(52-25-13-5-14-26-52)53-27-15-6-16-28-53)37-39-58(61)68-67-62(70)44-64-65(57-29-17-18-30-63(57)72-64)66(67)56-38-33-51(48-23-11-4-12-24-48)42-60(56)71(68)54-35-31-49(32-36-54)46-19-7-2-8-20-46/h2-44H,1H3. The summed E-state index contributed by atoms with van der Waals surface area (Å²) < 4.78 is 7.00. The molecule has 338 valence electrons. The average Bonchev–Trinajstić information content (AvgIpc) is 3.83. The normalized spacial score (nSPS) is 12.4. The number of anilines is 8. The summed E-state index contributed by atoms with van der Waals surface area (Å²) in [4.78, 5) is 7.51. The lowest BCUT2D eigenvalue weighted by Crippen LogP contribution is -2.61. The summed E-state index contributed by atoms with van der Waals surface area (Å²) in [6, 6.07) is 94.8. The first kappa shape index (κ1) is 41.6. The zero-order valence-electron chi connectivity index (χ0n) is 39.7. The Labute approximate surface area is 420 Å². The molecule has 12 aromatic rings. The molecule has 0 bridgehead atoms. The van der Waals surface area contributed by atoms with Crippen LogP contribution < -0.4 is 25.5 Å². The zero-order chi connectivity index (χ0) is 47.7. The van der Waals surface area contributed by atoms with Crippen molar-refractivity contribution in [2.24, 2.45) is 0 Å². The van der Waals surface area contributed by atoms with Gasteiger partial charge in [-0.2, -0.15) is 0 Å². The molecule has 4 nitrogen and oxygen atoms in total. The van der Waals surface area contributed by atoms with Crippen molar-refractivity contribution in [1.82, 2.24) is 0 Å². The quantitative estimate of drug-likeness (QED) is 0.142. The predicted octanol–water partition coefficient (Wildman–Crippen LogP) is 17.1. The molecular weight excluding hydrogens is 874 g/mol. The highest BCUT2D eigenvalue weighted by Crippen LogP contribution is 2.53. The monoisotopic (exact) mass is 919 g/mol. The molecule has 0 atom stereocenters. The number of hydrogen-bond donors (Lipinski definition) is 0. The number of nitrogens with zero attached hydrogens (tertiary/aromatic N) is 3. The predicted molar refractivity (Wildman–Crippen MR) is 303 cm³/mol. The Morgan fingerprint density at radius 2 is 0.931 bits per heavy atom.